The highest BCUT2D eigenvalue weighted by Crippen LogP contribution is 2.65. The van der Waals surface area contributed by atoms with Crippen molar-refractivity contribution in [3.8, 4) is 17.2 Å². The minimum atomic E-state index is -2.61. The minimum Gasteiger partial charge on any atom is -0.507 e. The van der Waals surface area contributed by atoms with E-state index in [0.717, 1.165) is 20.8 Å². The molecule has 2 bridgehead atoms. The summed E-state index contributed by atoms with van der Waals surface area (Å²) in [6, 6.07) is 25.3. The summed E-state index contributed by atoms with van der Waals surface area (Å²) in [4.78, 5) is 170. The number of aliphatic hydroxyl groups is 4. The van der Waals surface area contributed by atoms with Crippen LogP contribution in [0.2, 0.25) is 0 Å². The van der Waals surface area contributed by atoms with Crippen molar-refractivity contribution in [3.05, 3.63) is 170 Å². The maximum atomic E-state index is 16.5. The first-order chi connectivity index (χ1) is 53.0. The molecule has 2 saturated carbocycles. The van der Waals surface area contributed by atoms with Gasteiger partial charge in [-0.1, -0.05) is 92.7 Å². The monoisotopic (exact) mass is 1550 g/mol. The predicted molar refractivity (Wildman–Crippen MR) is 387 cm³/mol. The van der Waals surface area contributed by atoms with Gasteiger partial charge < -0.3 is 89.2 Å². The zero-order valence-corrected chi connectivity index (χ0v) is 62.9. The summed E-state index contributed by atoms with van der Waals surface area (Å²) in [6.45, 7) is 9.59. The Morgan fingerprint density at radius 3 is 1.97 bits per heavy atom. The third kappa shape index (κ3) is 14.6. The Morgan fingerprint density at radius 1 is 0.705 bits per heavy atom. The van der Waals surface area contributed by atoms with Gasteiger partial charge in [0, 0.05) is 93.0 Å². The number of aliphatic hydroxyl groups excluding tert-OH is 2. The summed E-state index contributed by atoms with van der Waals surface area (Å²) in [6.07, 6.45) is -19.8. The molecule has 30 heteroatoms. The number of fused-ring (bicyclic) bond motifs is 8. The highest BCUT2D eigenvalue weighted by molar-refractivity contribution is 6.31. The number of ether oxygens (including phenoxy) is 9. The average molecular weight is 1550 g/mol. The number of carbonyl (C=O) groups excluding carboxylic acids is 12. The van der Waals surface area contributed by atoms with Crippen LogP contribution in [0.1, 0.15) is 188 Å². The molecule has 2 heterocycles. The molecule has 5 unspecified atom stereocenters. The molecule has 112 heavy (non-hydrogen) atoms. The SMILES string of the molecule is COc1cccc2c1C(=O)c1c(O)c3c(c(O)c1C2=O)C[C@@](O)(C(C)=O)C[C@@H]3OC1CC(NC(=O)CCCC(=O)NCCC(=O)O[C@@H]2C[C@@H]3OC[C@]3(OC(C)=O)C3[C@@H](OC(=O)c4ccccc4)[C@@]4(O)C[C@@H](OC(=O)[C@@H](O)[C@H](NC(=O)c5ccccc5)c5ccccc5)C(C)=C([C@H](OC(C)=O)C(=O)[C@]32C)C4(C)C)C(O)C(C)O1. The van der Waals surface area contributed by atoms with Crippen LogP contribution in [0.5, 0.6) is 17.2 Å². The molecule has 3 amide bonds. The number of aromatic hydroxyl groups is 2. The van der Waals surface area contributed by atoms with Gasteiger partial charge in [-0.2, -0.15) is 0 Å². The van der Waals surface area contributed by atoms with Crippen molar-refractivity contribution in [1.29, 1.82) is 0 Å². The molecule has 12 rings (SSSR count). The van der Waals surface area contributed by atoms with Gasteiger partial charge >= 0.3 is 29.8 Å². The van der Waals surface area contributed by atoms with Crippen molar-refractivity contribution in [2.75, 3.05) is 20.3 Å². The summed E-state index contributed by atoms with van der Waals surface area (Å²) >= 11 is 0. The van der Waals surface area contributed by atoms with Crippen molar-refractivity contribution in [2.24, 2.45) is 16.7 Å². The largest absolute Gasteiger partial charge is 0.507 e. The van der Waals surface area contributed by atoms with E-state index in [1.165, 1.54) is 96.3 Å². The van der Waals surface area contributed by atoms with E-state index in [0.29, 0.717) is 0 Å². The molecule has 594 valence electrons. The number of Topliss-reactive ketones (excluding diaryl/α,β-unsaturated/α-hetero) is 2. The molecule has 4 fully saturated rings. The fourth-order valence-corrected chi connectivity index (χ4v) is 17.4. The molecule has 0 aromatic heterocycles. The highest BCUT2D eigenvalue weighted by Gasteiger charge is 2.79. The Kier molecular flexibility index (Phi) is 22.8. The zero-order valence-electron chi connectivity index (χ0n) is 62.9. The molecular weight excluding hydrogens is 1460 g/mol. The molecular formula is C82H89N3O27. The van der Waals surface area contributed by atoms with Crippen molar-refractivity contribution in [3.63, 3.8) is 0 Å². The molecule has 5 aromatic rings. The van der Waals surface area contributed by atoms with Crippen molar-refractivity contribution in [2.45, 2.75) is 203 Å². The lowest BCUT2D eigenvalue weighted by Gasteiger charge is -2.67. The Labute approximate surface area is 642 Å². The smallest absolute Gasteiger partial charge is 0.338 e. The number of ketones is 4. The summed E-state index contributed by atoms with van der Waals surface area (Å²) in [5.74, 6) is -14.0. The predicted octanol–water partition coefficient (Wildman–Crippen LogP) is 5.16. The number of rotatable bonds is 23. The maximum absolute atomic E-state index is 16.5. The molecule has 5 aromatic carbocycles. The van der Waals surface area contributed by atoms with Gasteiger partial charge in [-0.15, -0.1) is 0 Å². The van der Waals surface area contributed by atoms with Crippen LogP contribution in [0.25, 0.3) is 0 Å². The van der Waals surface area contributed by atoms with Crippen molar-refractivity contribution in [1.82, 2.24) is 16.0 Å². The molecule has 2 aliphatic heterocycles. The van der Waals surface area contributed by atoms with Gasteiger partial charge in [0.05, 0.1) is 78.0 Å². The maximum Gasteiger partial charge on any atom is 0.338 e. The second kappa shape index (κ2) is 31.5. The highest BCUT2D eigenvalue weighted by atomic mass is 16.7. The topological polar surface area (TPSA) is 445 Å². The number of phenolic OH excluding ortho intramolecular Hbond substituents is 2. The zero-order chi connectivity index (χ0) is 81.0. The van der Waals surface area contributed by atoms with Crippen LogP contribution >= 0.6 is 0 Å². The van der Waals surface area contributed by atoms with Crippen LogP contribution in [0.4, 0.5) is 0 Å². The quantitative estimate of drug-likeness (QED) is 0.0173. The molecule has 9 N–H and O–H groups in total. The number of amides is 3. The number of esters is 5. The van der Waals surface area contributed by atoms with Gasteiger partial charge in [-0.25, -0.2) is 9.59 Å². The standard InChI is InChI=1S/C82H89N3O27/c1-39-51(109-77(101)70(97)64(44-21-13-10-14-22-44)85-75(99)45-23-15-11-16-24-45)37-82(103)74(111-76(100)46-25-17-12-18-26-46)72-79(8,73(98)71(107-42(4)87)63(39)78(82,6)7)53(34-54-81(72,38-105-54)112-43(5)88)110-57(91)31-32-83-55(89)29-20-30-56(90)84-49-33-58(106-40(2)65(49)92)108-52-36-80(102,41(3)86)35-48-60(52)69(96)62-61(67(48)94)66(93)47-27-19-28-50(104-9)59(47)68(62)95/h10-19,21-28,40,49,51-54,58,64-65,70-72,74,92,94,96-97,102-103H,20,29-38H2,1-9H3,(H,83,89)(H,84,90)(H,85,99)/t40?,49?,51-,52+,53-,54+,58?,64-,65?,70+,71+,72?,74-,79+,80+,81-,82+/m1/s1. The van der Waals surface area contributed by atoms with E-state index in [1.54, 1.807) is 54.6 Å². The van der Waals surface area contributed by atoms with Crippen LogP contribution in [-0.2, 0) is 82.7 Å². The number of methoxy groups -OCH3 is 1. The Hall–Kier alpha value is -10.6. The minimum absolute atomic E-state index is 0.0179. The molecule has 0 spiro atoms. The number of phenols is 2. The Morgan fingerprint density at radius 2 is 1.35 bits per heavy atom. The fourth-order valence-electron chi connectivity index (χ4n) is 17.4. The average Bonchev–Trinajstić information content (AvgIpc) is 0.667. The van der Waals surface area contributed by atoms with Crippen molar-refractivity contribution >= 4 is 70.7 Å². The van der Waals surface area contributed by atoms with E-state index in [1.807, 2.05) is 0 Å². The van der Waals surface area contributed by atoms with E-state index in [9.17, 15) is 83.4 Å². The number of carbonyl (C=O) groups is 12. The van der Waals surface area contributed by atoms with Crippen LogP contribution in [0.15, 0.2) is 120 Å². The molecule has 30 nitrogen and oxygen atoms in total. The van der Waals surface area contributed by atoms with E-state index in [2.05, 4.69) is 16.0 Å². The normalized spacial score (nSPS) is 29.2. The number of benzene rings is 5. The van der Waals surface area contributed by atoms with Gasteiger partial charge in [0.2, 0.25) is 17.6 Å². The van der Waals surface area contributed by atoms with E-state index < -0.39 is 239 Å². The third-order valence-corrected chi connectivity index (χ3v) is 23.3. The first-order valence-electron chi connectivity index (χ1n) is 36.9. The van der Waals surface area contributed by atoms with Gasteiger partial charge in [-0.05, 0) is 81.2 Å². The van der Waals surface area contributed by atoms with E-state index >= 15 is 4.79 Å². The van der Waals surface area contributed by atoms with Gasteiger partial charge in [-0.3, -0.25) is 47.9 Å². The second-order valence-corrected chi connectivity index (χ2v) is 30.4. The van der Waals surface area contributed by atoms with Crippen LogP contribution in [0, 0.1) is 16.7 Å². The molecule has 5 aliphatic carbocycles. The van der Waals surface area contributed by atoms with Gasteiger partial charge in [0.25, 0.3) is 5.91 Å². The van der Waals surface area contributed by atoms with Crippen molar-refractivity contribution < 1.29 is 131 Å². The van der Waals surface area contributed by atoms with Gasteiger partial charge in [0.15, 0.2) is 41.4 Å². The Balaban J connectivity index is 0.754. The lowest BCUT2D eigenvalue weighted by atomic mass is 9.44. The molecule has 7 aliphatic rings. The number of nitrogens with one attached hydrogen (secondary N) is 3. The van der Waals surface area contributed by atoms with Crippen LogP contribution in [-0.4, -0.2) is 200 Å². The Bertz CT molecular complexity index is 4660. The molecule has 0 radical (unpaired) electrons. The van der Waals surface area contributed by atoms with Crippen LogP contribution < -0.4 is 20.7 Å². The lowest BCUT2D eigenvalue weighted by Crippen LogP contribution is -2.82. The summed E-state index contributed by atoms with van der Waals surface area (Å²) < 4.78 is 55.3. The van der Waals surface area contributed by atoms with Gasteiger partial charge in [0.1, 0.15) is 59.0 Å². The molecule has 17 atom stereocenters. The lowest BCUT2D eigenvalue weighted by molar-refractivity contribution is -0.346. The van der Waals surface area contributed by atoms with E-state index in [-0.39, 0.29) is 88.1 Å². The third-order valence-electron chi connectivity index (χ3n) is 23.3. The first kappa shape index (κ1) is 80.9. The number of hydrogen-bond acceptors (Lipinski definition) is 27. The number of hydrogen-bond donors (Lipinski definition) is 9. The second-order valence-electron chi connectivity index (χ2n) is 30.4. The molecule has 2 saturated heterocycles. The van der Waals surface area contributed by atoms with Crippen LogP contribution in [0.3, 0.4) is 0 Å². The fraction of sp³-hybridized carbons (Fsp3) is 0.463. The first-order valence-corrected chi connectivity index (χ1v) is 36.9. The summed E-state index contributed by atoms with van der Waals surface area (Å²) in [7, 11) is 1.28. The van der Waals surface area contributed by atoms with E-state index in [4.69, 9.17) is 42.6 Å². The summed E-state index contributed by atoms with van der Waals surface area (Å²) in [5.41, 5.74) is -12.6. The summed E-state index contributed by atoms with van der Waals surface area (Å²) in [5, 5.41) is 81.3.